The Kier molecular flexibility index (Phi) is 7.60. The zero-order chi connectivity index (χ0) is 27.5. The van der Waals surface area contributed by atoms with Gasteiger partial charge in [0.1, 0.15) is 11.5 Å². The first-order chi connectivity index (χ1) is 19.6. The van der Waals surface area contributed by atoms with Gasteiger partial charge in [0, 0.05) is 47.8 Å². The van der Waals surface area contributed by atoms with Crippen LogP contribution in [-0.2, 0) is 22.4 Å². The minimum absolute atomic E-state index is 0.129. The molecule has 2 amide bonds. The fourth-order valence-electron chi connectivity index (χ4n) is 5.73. The maximum absolute atomic E-state index is 12.8. The van der Waals surface area contributed by atoms with Gasteiger partial charge in [-0.25, -0.2) is 4.98 Å². The number of hydrogen-bond acceptors (Lipinski definition) is 6. The first-order valence-corrected chi connectivity index (χ1v) is 14.8. The number of carbonyl (C=O) groups excluding carboxylic acids is 2. The van der Waals surface area contributed by atoms with Crippen LogP contribution in [0.4, 0.5) is 5.69 Å². The molecule has 1 aliphatic heterocycles. The third-order valence-corrected chi connectivity index (χ3v) is 8.88. The Morgan fingerprint density at radius 1 is 1.02 bits per heavy atom. The van der Waals surface area contributed by atoms with Gasteiger partial charge in [-0.1, -0.05) is 47.6 Å². The molecule has 0 atom stereocenters. The Balaban J connectivity index is 1.05. The number of nitrogens with one attached hydrogen (secondary N) is 1. The molecule has 4 aromatic rings. The quantitative estimate of drug-likeness (QED) is 0.274. The third-order valence-electron chi connectivity index (χ3n) is 7.87. The Morgan fingerprint density at radius 3 is 2.65 bits per heavy atom. The number of likely N-dealkylation sites (tertiary alicyclic amines) is 1. The molecule has 0 saturated carbocycles. The molecule has 0 unspecified atom stereocenters. The van der Waals surface area contributed by atoms with Gasteiger partial charge in [-0.3, -0.25) is 9.59 Å². The van der Waals surface area contributed by atoms with Crippen LogP contribution in [0.25, 0.3) is 22.5 Å². The van der Waals surface area contributed by atoms with Gasteiger partial charge in [0.25, 0.3) is 0 Å². The number of nitrogens with zero attached hydrogens (tertiary/aromatic N) is 3. The SMILES string of the molecule is Cc1onc(-c2ccccc2)c1-c1csc(C2CCN(C(=O)C=CC(=O)Nc3cccc4c3CCCC4)CC2)n1. The fourth-order valence-corrected chi connectivity index (χ4v) is 6.71. The van der Waals surface area contributed by atoms with Crippen molar-refractivity contribution >= 4 is 28.8 Å². The summed E-state index contributed by atoms with van der Waals surface area (Å²) in [6.07, 6.45) is 8.79. The molecule has 3 heterocycles. The maximum Gasteiger partial charge on any atom is 0.248 e. The van der Waals surface area contributed by atoms with Gasteiger partial charge in [-0.2, -0.15) is 0 Å². The molecule has 1 aliphatic carbocycles. The predicted molar refractivity (Wildman–Crippen MR) is 157 cm³/mol. The molecule has 6 rings (SSSR count). The van der Waals surface area contributed by atoms with Crippen LogP contribution in [0.2, 0.25) is 0 Å². The number of rotatable bonds is 6. The number of thiazole rings is 1. The zero-order valence-corrected chi connectivity index (χ0v) is 23.4. The molecule has 2 aromatic carbocycles. The van der Waals surface area contributed by atoms with Crippen molar-refractivity contribution in [3.8, 4) is 22.5 Å². The van der Waals surface area contributed by atoms with Crippen molar-refractivity contribution in [3.63, 3.8) is 0 Å². The average Bonchev–Trinajstić information content (AvgIpc) is 3.63. The van der Waals surface area contributed by atoms with E-state index < -0.39 is 0 Å². The van der Waals surface area contributed by atoms with Crippen LogP contribution in [0.15, 0.2) is 70.6 Å². The van der Waals surface area contributed by atoms with Crippen molar-refractivity contribution in [1.82, 2.24) is 15.0 Å². The summed E-state index contributed by atoms with van der Waals surface area (Å²) in [6.45, 7) is 3.19. The Bertz CT molecular complexity index is 1550. The average molecular weight is 553 g/mol. The summed E-state index contributed by atoms with van der Waals surface area (Å²) in [7, 11) is 0. The Hall–Kier alpha value is -4.04. The van der Waals surface area contributed by atoms with Crippen LogP contribution in [0.5, 0.6) is 0 Å². The van der Waals surface area contributed by atoms with Crippen LogP contribution in [0.3, 0.4) is 0 Å². The number of carbonyl (C=O) groups is 2. The topological polar surface area (TPSA) is 88.3 Å². The predicted octanol–water partition coefficient (Wildman–Crippen LogP) is 6.55. The van der Waals surface area contributed by atoms with E-state index in [1.54, 1.807) is 11.3 Å². The lowest BCUT2D eigenvalue weighted by molar-refractivity contribution is -0.127. The van der Waals surface area contributed by atoms with E-state index in [1.165, 1.54) is 29.7 Å². The van der Waals surface area contributed by atoms with E-state index in [1.807, 2.05) is 54.3 Å². The molecule has 0 bridgehead atoms. The molecular formula is C32H32N4O3S. The van der Waals surface area contributed by atoms with Gasteiger partial charge in [-0.15, -0.1) is 11.3 Å². The number of anilines is 1. The molecule has 1 fully saturated rings. The second-order valence-electron chi connectivity index (χ2n) is 10.5. The first-order valence-electron chi connectivity index (χ1n) is 13.9. The Labute approximate surface area is 237 Å². The molecule has 0 spiro atoms. The monoisotopic (exact) mass is 552 g/mol. The maximum atomic E-state index is 12.8. The highest BCUT2D eigenvalue weighted by Crippen LogP contribution is 2.38. The van der Waals surface area contributed by atoms with Gasteiger partial charge < -0.3 is 14.7 Å². The molecule has 7 nitrogen and oxygen atoms in total. The number of aryl methyl sites for hydroxylation is 2. The normalized spacial score (nSPS) is 15.8. The number of amides is 2. The van der Waals surface area contributed by atoms with Gasteiger partial charge in [0.15, 0.2) is 0 Å². The molecular weight excluding hydrogens is 520 g/mol. The van der Waals surface area contributed by atoms with Crippen molar-refractivity contribution < 1.29 is 14.1 Å². The number of aromatic nitrogens is 2. The highest BCUT2D eigenvalue weighted by molar-refractivity contribution is 7.10. The van der Waals surface area contributed by atoms with E-state index in [-0.39, 0.29) is 11.8 Å². The van der Waals surface area contributed by atoms with E-state index in [0.717, 1.165) is 71.1 Å². The van der Waals surface area contributed by atoms with Gasteiger partial charge in [0.05, 0.1) is 16.3 Å². The van der Waals surface area contributed by atoms with Crippen LogP contribution in [-0.4, -0.2) is 39.9 Å². The standard InChI is InChI=1S/C32H32N4O3S/c1-21-30(31(35-39-21)23-9-3-2-4-10-23)27-20-40-32(34-27)24-16-18-36(19-17-24)29(38)15-14-28(37)33-26-13-7-11-22-8-5-6-12-25(22)26/h2-4,7,9-11,13-15,20,24H,5-6,8,12,16-19H2,1H3,(H,33,37). The lowest BCUT2D eigenvalue weighted by Crippen LogP contribution is -2.37. The summed E-state index contributed by atoms with van der Waals surface area (Å²) in [5.41, 5.74) is 7.02. The lowest BCUT2D eigenvalue weighted by atomic mass is 9.90. The fraction of sp³-hybridized carbons (Fsp3) is 0.312. The van der Waals surface area contributed by atoms with Crippen molar-refractivity contribution in [3.05, 3.63) is 88.0 Å². The van der Waals surface area contributed by atoms with Gasteiger partial charge >= 0.3 is 0 Å². The number of piperidine rings is 1. The van der Waals surface area contributed by atoms with Crippen molar-refractivity contribution in [2.45, 2.75) is 51.4 Å². The molecule has 8 heteroatoms. The number of hydrogen-bond donors (Lipinski definition) is 1. The highest BCUT2D eigenvalue weighted by atomic mass is 32.1. The van der Waals surface area contributed by atoms with Crippen LogP contribution >= 0.6 is 11.3 Å². The van der Waals surface area contributed by atoms with E-state index in [2.05, 4.69) is 21.9 Å². The third kappa shape index (κ3) is 5.49. The van der Waals surface area contributed by atoms with Crippen LogP contribution in [0.1, 0.15) is 53.5 Å². The molecule has 204 valence electrons. The molecule has 2 aliphatic rings. The van der Waals surface area contributed by atoms with Crippen LogP contribution < -0.4 is 5.32 Å². The van der Waals surface area contributed by atoms with Crippen LogP contribution in [0, 0.1) is 6.92 Å². The molecule has 2 aromatic heterocycles. The summed E-state index contributed by atoms with van der Waals surface area (Å²) >= 11 is 1.65. The highest BCUT2D eigenvalue weighted by Gasteiger charge is 2.26. The second-order valence-corrected chi connectivity index (χ2v) is 11.4. The summed E-state index contributed by atoms with van der Waals surface area (Å²) in [5.74, 6) is 0.645. The smallest absolute Gasteiger partial charge is 0.248 e. The van der Waals surface area contributed by atoms with Crippen molar-refractivity contribution in [2.24, 2.45) is 0 Å². The summed E-state index contributed by atoms with van der Waals surface area (Å²) in [4.78, 5) is 32.2. The number of benzene rings is 2. The summed E-state index contributed by atoms with van der Waals surface area (Å²) in [5, 5.41) is 10.4. The zero-order valence-electron chi connectivity index (χ0n) is 22.6. The minimum atomic E-state index is -0.267. The molecule has 40 heavy (non-hydrogen) atoms. The van der Waals surface area contributed by atoms with Crippen molar-refractivity contribution in [2.75, 3.05) is 18.4 Å². The Morgan fingerprint density at radius 2 is 1.82 bits per heavy atom. The summed E-state index contributed by atoms with van der Waals surface area (Å²) in [6, 6.07) is 16.1. The molecule has 1 N–H and O–H groups in total. The lowest BCUT2D eigenvalue weighted by Gasteiger charge is -2.30. The van der Waals surface area contributed by atoms with E-state index in [9.17, 15) is 9.59 Å². The van der Waals surface area contributed by atoms with Gasteiger partial charge in [-0.05, 0) is 62.6 Å². The van der Waals surface area contributed by atoms with E-state index in [4.69, 9.17) is 9.51 Å². The van der Waals surface area contributed by atoms with Crippen molar-refractivity contribution in [1.29, 1.82) is 0 Å². The largest absolute Gasteiger partial charge is 0.360 e. The summed E-state index contributed by atoms with van der Waals surface area (Å²) < 4.78 is 5.53. The number of fused-ring (bicyclic) bond motifs is 1. The second kappa shape index (κ2) is 11.6. The first kappa shape index (κ1) is 26.2. The van der Waals surface area contributed by atoms with E-state index >= 15 is 0 Å². The minimum Gasteiger partial charge on any atom is -0.360 e. The van der Waals surface area contributed by atoms with Gasteiger partial charge in [0.2, 0.25) is 11.8 Å². The van der Waals surface area contributed by atoms with E-state index in [0.29, 0.717) is 19.0 Å². The molecule has 0 radical (unpaired) electrons. The molecule has 1 saturated heterocycles.